The molecule has 1 heterocycles. The summed E-state index contributed by atoms with van der Waals surface area (Å²) in [6.45, 7) is 3.84. The fourth-order valence-electron chi connectivity index (χ4n) is 3.72. The van der Waals surface area contributed by atoms with Gasteiger partial charge in [0.15, 0.2) is 5.60 Å². The first-order valence-electron chi connectivity index (χ1n) is 8.58. The van der Waals surface area contributed by atoms with Crippen LogP contribution in [0.1, 0.15) is 38.2 Å². The smallest absolute Gasteiger partial charge is 0.340 e. The lowest BCUT2D eigenvalue weighted by Gasteiger charge is -2.31. The van der Waals surface area contributed by atoms with Crippen molar-refractivity contribution >= 4 is 37.8 Å². The molecular formula is C22H16Br2O4. The Morgan fingerprint density at radius 2 is 1.25 bits per heavy atom. The fourth-order valence-corrected chi connectivity index (χ4v) is 4.99. The molecule has 0 aromatic heterocycles. The zero-order valence-corrected chi connectivity index (χ0v) is 18.3. The molecule has 4 nitrogen and oxygen atoms in total. The minimum atomic E-state index is -1.21. The van der Waals surface area contributed by atoms with E-state index in [0.717, 1.165) is 20.1 Å². The standard InChI is InChI=1S/C22H16Br2O4/c1-11-12(2)19(23)20(24)18-17(11)21(27)28-22(18,13-3-7-15(25)8-4-13)14-5-9-16(26)10-6-14/h3-10,25-26H,1-2H3. The molecule has 0 amide bonds. The first-order valence-corrected chi connectivity index (χ1v) is 10.2. The molecule has 1 aliphatic heterocycles. The summed E-state index contributed by atoms with van der Waals surface area (Å²) in [5.74, 6) is -0.172. The van der Waals surface area contributed by atoms with E-state index in [4.69, 9.17) is 4.74 Å². The van der Waals surface area contributed by atoms with Gasteiger partial charge in [0.2, 0.25) is 0 Å². The third kappa shape index (κ3) is 2.58. The summed E-state index contributed by atoms with van der Waals surface area (Å²) in [4.78, 5) is 13.0. The van der Waals surface area contributed by atoms with Gasteiger partial charge in [0.25, 0.3) is 0 Å². The van der Waals surface area contributed by atoms with Crippen molar-refractivity contribution in [2.75, 3.05) is 0 Å². The summed E-state index contributed by atoms with van der Waals surface area (Å²) in [7, 11) is 0. The largest absolute Gasteiger partial charge is 0.508 e. The average Bonchev–Trinajstić information content (AvgIpc) is 3.00. The van der Waals surface area contributed by atoms with Crippen LogP contribution in [0.2, 0.25) is 0 Å². The number of carbonyl (C=O) groups excluding carboxylic acids is 1. The van der Waals surface area contributed by atoms with Gasteiger partial charge in [-0.25, -0.2) is 4.79 Å². The molecule has 0 aliphatic carbocycles. The van der Waals surface area contributed by atoms with Gasteiger partial charge in [-0.15, -0.1) is 0 Å². The van der Waals surface area contributed by atoms with Crippen LogP contribution in [0, 0.1) is 13.8 Å². The molecule has 3 aromatic carbocycles. The van der Waals surface area contributed by atoms with Crippen LogP contribution in [0.25, 0.3) is 0 Å². The SMILES string of the molecule is Cc1c(C)c2c(c(Br)c1Br)C(c1ccc(O)cc1)(c1ccc(O)cc1)OC2=O. The molecule has 0 radical (unpaired) electrons. The van der Waals surface area contributed by atoms with Crippen LogP contribution in [0.15, 0.2) is 57.5 Å². The van der Waals surface area contributed by atoms with Crippen LogP contribution in [0.4, 0.5) is 0 Å². The molecule has 0 fully saturated rings. The number of hydrogen-bond acceptors (Lipinski definition) is 4. The van der Waals surface area contributed by atoms with E-state index < -0.39 is 11.6 Å². The van der Waals surface area contributed by atoms with Crippen molar-refractivity contribution in [1.29, 1.82) is 0 Å². The van der Waals surface area contributed by atoms with Crippen LogP contribution >= 0.6 is 31.9 Å². The summed E-state index contributed by atoms with van der Waals surface area (Å²) < 4.78 is 7.67. The Hall–Kier alpha value is -2.31. The molecule has 0 bridgehead atoms. The maximum absolute atomic E-state index is 13.0. The van der Waals surface area contributed by atoms with E-state index in [0.29, 0.717) is 22.3 Å². The van der Waals surface area contributed by atoms with E-state index in [1.54, 1.807) is 48.5 Å². The highest BCUT2D eigenvalue weighted by atomic mass is 79.9. The Labute approximate surface area is 179 Å². The molecule has 142 valence electrons. The Balaban J connectivity index is 2.15. The molecule has 2 N–H and O–H groups in total. The number of carbonyl (C=O) groups is 1. The maximum atomic E-state index is 13.0. The van der Waals surface area contributed by atoms with E-state index in [9.17, 15) is 15.0 Å². The fraction of sp³-hybridized carbons (Fsp3) is 0.136. The van der Waals surface area contributed by atoms with E-state index in [-0.39, 0.29) is 11.5 Å². The summed E-state index contributed by atoms with van der Waals surface area (Å²) in [5.41, 5.74) is 3.19. The molecule has 0 saturated carbocycles. The second kappa shape index (κ2) is 6.64. The Morgan fingerprint density at radius 3 is 1.71 bits per heavy atom. The Kier molecular flexibility index (Phi) is 4.51. The molecule has 4 rings (SSSR count). The van der Waals surface area contributed by atoms with Crippen molar-refractivity contribution in [2.45, 2.75) is 19.4 Å². The number of cyclic esters (lactones) is 1. The number of aromatic hydroxyl groups is 2. The monoisotopic (exact) mass is 502 g/mol. The maximum Gasteiger partial charge on any atom is 0.340 e. The van der Waals surface area contributed by atoms with Crippen molar-refractivity contribution in [2.24, 2.45) is 0 Å². The number of halogens is 2. The van der Waals surface area contributed by atoms with Gasteiger partial charge >= 0.3 is 5.97 Å². The van der Waals surface area contributed by atoms with Crippen molar-refractivity contribution in [3.05, 3.63) is 90.9 Å². The van der Waals surface area contributed by atoms with Gasteiger partial charge in [-0.1, -0.05) is 24.3 Å². The highest BCUT2D eigenvalue weighted by molar-refractivity contribution is 9.13. The van der Waals surface area contributed by atoms with E-state index >= 15 is 0 Å². The summed E-state index contributed by atoms with van der Waals surface area (Å²) in [6.07, 6.45) is 0. The van der Waals surface area contributed by atoms with Crippen molar-refractivity contribution in [1.82, 2.24) is 0 Å². The zero-order chi connectivity index (χ0) is 20.2. The average molecular weight is 504 g/mol. The number of esters is 1. The lowest BCUT2D eigenvalue weighted by Crippen LogP contribution is -2.30. The number of benzene rings is 3. The van der Waals surface area contributed by atoms with Gasteiger partial charge in [0.1, 0.15) is 11.5 Å². The van der Waals surface area contributed by atoms with Crippen molar-refractivity contribution < 1.29 is 19.7 Å². The predicted molar refractivity (Wildman–Crippen MR) is 113 cm³/mol. The van der Waals surface area contributed by atoms with Crippen molar-refractivity contribution in [3.8, 4) is 11.5 Å². The lowest BCUT2D eigenvalue weighted by atomic mass is 9.78. The Bertz CT molecular complexity index is 1060. The molecule has 0 saturated heterocycles. The molecule has 28 heavy (non-hydrogen) atoms. The van der Waals surface area contributed by atoms with Crippen LogP contribution in [-0.2, 0) is 10.3 Å². The minimum Gasteiger partial charge on any atom is -0.508 e. The molecular weight excluding hydrogens is 488 g/mol. The molecule has 0 atom stereocenters. The van der Waals surface area contributed by atoms with Crippen LogP contribution in [-0.4, -0.2) is 16.2 Å². The second-order valence-electron chi connectivity index (χ2n) is 6.79. The molecule has 3 aromatic rings. The van der Waals surface area contributed by atoms with Crippen LogP contribution in [0.5, 0.6) is 11.5 Å². The molecule has 6 heteroatoms. The quantitative estimate of drug-likeness (QED) is 0.440. The topological polar surface area (TPSA) is 66.8 Å². The number of fused-ring (bicyclic) bond motifs is 1. The number of rotatable bonds is 2. The van der Waals surface area contributed by atoms with Gasteiger partial charge in [0.05, 0.1) is 5.56 Å². The summed E-state index contributed by atoms with van der Waals surface area (Å²) >= 11 is 7.29. The molecule has 0 spiro atoms. The third-order valence-corrected chi connectivity index (χ3v) is 7.59. The van der Waals surface area contributed by atoms with E-state index in [1.807, 2.05) is 13.8 Å². The number of ether oxygens (including phenoxy) is 1. The predicted octanol–water partition coefficient (Wildman–Crippen LogP) is 5.70. The van der Waals surface area contributed by atoms with Gasteiger partial charge in [0, 0.05) is 25.6 Å². The highest BCUT2D eigenvalue weighted by Crippen LogP contribution is 2.53. The normalized spacial score (nSPS) is 14.6. The molecule has 1 aliphatic rings. The summed E-state index contributed by atoms with van der Waals surface area (Å²) in [5, 5.41) is 19.5. The van der Waals surface area contributed by atoms with Gasteiger partial charge in [-0.05, 0) is 81.1 Å². The number of phenols is 2. The first-order chi connectivity index (χ1) is 13.3. The highest BCUT2D eigenvalue weighted by Gasteiger charge is 2.51. The third-order valence-electron chi connectivity index (χ3n) is 5.28. The lowest BCUT2D eigenvalue weighted by molar-refractivity contribution is 0.0250. The van der Waals surface area contributed by atoms with Gasteiger partial charge < -0.3 is 14.9 Å². The first kappa shape index (κ1) is 19.0. The van der Waals surface area contributed by atoms with Gasteiger partial charge in [-0.2, -0.15) is 0 Å². The molecule has 0 unspecified atom stereocenters. The number of hydrogen-bond donors (Lipinski definition) is 2. The van der Waals surface area contributed by atoms with Crippen molar-refractivity contribution in [3.63, 3.8) is 0 Å². The second-order valence-corrected chi connectivity index (χ2v) is 8.38. The van der Waals surface area contributed by atoms with Gasteiger partial charge in [-0.3, -0.25) is 0 Å². The Morgan fingerprint density at radius 1 is 0.786 bits per heavy atom. The van der Waals surface area contributed by atoms with E-state index in [1.165, 1.54) is 0 Å². The van der Waals surface area contributed by atoms with Crippen LogP contribution in [0.3, 0.4) is 0 Å². The summed E-state index contributed by atoms with van der Waals surface area (Å²) in [6, 6.07) is 13.2. The number of phenolic OH excluding ortho intramolecular Hbond substituents is 2. The van der Waals surface area contributed by atoms with Crippen LogP contribution < -0.4 is 0 Å². The minimum absolute atomic E-state index is 0.120. The zero-order valence-electron chi connectivity index (χ0n) is 15.1. The van der Waals surface area contributed by atoms with E-state index in [2.05, 4.69) is 31.9 Å².